The molecule has 0 aromatic carbocycles. The van der Waals surface area contributed by atoms with Crippen molar-refractivity contribution in [2.75, 3.05) is 11.5 Å². The molecular weight excluding hydrogens is 339 g/mol. The molecule has 0 N–H and O–H groups in total. The van der Waals surface area contributed by atoms with Crippen molar-refractivity contribution < 1.29 is 9.53 Å². The van der Waals surface area contributed by atoms with Crippen LogP contribution >= 0.6 is 22.6 Å². The Morgan fingerprint density at radius 1 is 1.56 bits per heavy atom. The van der Waals surface area contributed by atoms with Gasteiger partial charge in [-0.2, -0.15) is 0 Å². The molecule has 3 atom stereocenters. The minimum atomic E-state index is -0.0251. The van der Waals surface area contributed by atoms with Crippen molar-refractivity contribution in [2.24, 2.45) is 23.7 Å². The second-order valence-corrected chi connectivity index (χ2v) is 6.72. The average Bonchev–Trinajstić information content (AvgIpc) is 2.34. The Morgan fingerprint density at radius 2 is 2.22 bits per heavy atom. The van der Waals surface area contributed by atoms with Crippen LogP contribution in [-0.4, -0.2) is 17.5 Å². The van der Waals surface area contributed by atoms with Gasteiger partial charge in [0.15, 0.2) is 0 Å². The molecule has 104 valence electrons. The molecule has 0 aromatic heterocycles. The fraction of sp³-hybridized carbons (Fsp3) is 0.800. The summed E-state index contributed by atoms with van der Waals surface area (Å²) in [5.41, 5.74) is 1.43. The van der Waals surface area contributed by atoms with E-state index in [1.165, 1.54) is 19.1 Å². The van der Waals surface area contributed by atoms with Gasteiger partial charge in [0.1, 0.15) is 0 Å². The number of halogens is 1. The molecule has 0 amide bonds. The molecular formula is C15H25IO2. The Hall–Kier alpha value is -0.0600. The summed E-state index contributed by atoms with van der Waals surface area (Å²) in [6.07, 6.45) is 5.50. The molecule has 0 saturated carbocycles. The van der Waals surface area contributed by atoms with Crippen LogP contribution in [0.5, 0.6) is 0 Å². The van der Waals surface area contributed by atoms with Crippen molar-refractivity contribution in [3.05, 3.63) is 11.6 Å². The Bertz CT molecular complexity index is 310. The van der Waals surface area contributed by atoms with Crippen molar-refractivity contribution in [1.82, 2.24) is 0 Å². The number of methoxy groups -OCH3 is 1. The highest BCUT2D eigenvalue weighted by molar-refractivity contribution is 14.1. The lowest BCUT2D eigenvalue weighted by Gasteiger charge is -2.35. The first kappa shape index (κ1) is 16.0. The topological polar surface area (TPSA) is 26.3 Å². The summed E-state index contributed by atoms with van der Waals surface area (Å²) in [7, 11) is 1.51. The lowest BCUT2D eigenvalue weighted by atomic mass is 9.69. The zero-order chi connectivity index (χ0) is 13.7. The van der Waals surface area contributed by atoms with Crippen LogP contribution in [0.4, 0.5) is 0 Å². The number of allylic oxidation sites excluding steroid dienone is 2. The van der Waals surface area contributed by atoms with E-state index in [2.05, 4.69) is 49.4 Å². The van der Waals surface area contributed by atoms with E-state index in [-0.39, 0.29) is 11.9 Å². The van der Waals surface area contributed by atoms with Crippen LogP contribution in [0.2, 0.25) is 0 Å². The molecule has 0 fully saturated rings. The number of carbonyl (C=O) groups excluding carboxylic acids is 1. The van der Waals surface area contributed by atoms with E-state index in [0.717, 1.165) is 17.3 Å². The fourth-order valence-corrected chi connectivity index (χ4v) is 3.77. The van der Waals surface area contributed by atoms with Gasteiger partial charge in [0, 0.05) is 0 Å². The second kappa shape index (κ2) is 7.51. The Morgan fingerprint density at radius 3 is 2.72 bits per heavy atom. The molecule has 3 heteroatoms. The number of hydrogen-bond acceptors (Lipinski definition) is 2. The molecule has 0 aliphatic heterocycles. The van der Waals surface area contributed by atoms with Crippen LogP contribution in [0.3, 0.4) is 0 Å². The lowest BCUT2D eigenvalue weighted by Crippen LogP contribution is -2.34. The highest BCUT2D eigenvalue weighted by Gasteiger charge is 2.36. The molecule has 0 heterocycles. The number of alkyl halides is 1. The molecule has 0 saturated heterocycles. The Balaban J connectivity index is 2.95. The molecule has 1 aliphatic carbocycles. The highest BCUT2D eigenvalue weighted by atomic mass is 127. The normalized spacial score (nSPS) is 25.8. The molecule has 0 radical (unpaired) electrons. The van der Waals surface area contributed by atoms with E-state index in [4.69, 9.17) is 4.74 Å². The first-order chi connectivity index (χ1) is 8.51. The zero-order valence-electron chi connectivity index (χ0n) is 11.9. The van der Waals surface area contributed by atoms with Crippen LogP contribution < -0.4 is 0 Å². The standard InChI is InChI=1S/C15H25IO2/c1-10(2)12(7-8-16)14-9-11(3)5-6-13(14)15(17)18-4/h9-10,12-14H,5-8H2,1-4H3/t12?,13-,14+/m0/s1. The maximum absolute atomic E-state index is 12.0. The van der Waals surface area contributed by atoms with E-state index < -0.39 is 0 Å². The van der Waals surface area contributed by atoms with Gasteiger partial charge in [-0.1, -0.05) is 48.1 Å². The number of carbonyl (C=O) groups is 1. The summed E-state index contributed by atoms with van der Waals surface area (Å²) >= 11 is 2.43. The van der Waals surface area contributed by atoms with Crippen molar-refractivity contribution >= 4 is 28.6 Å². The smallest absolute Gasteiger partial charge is 0.309 e. The minimum absolute atomic E-state index is 0.0251. The number of hydrogen-bond donors (Lipinski definition) is 0. The van der Waals surface area contributed by atoms with Gasteiger partial charge >= 0.3 is 5.97 Å². The third-order valence-electron chi connectivity index (χ3n) is 4.09. The van der Waals surface area contributed by atoms with Crippen LogP contribution in [-0.2, 0) is 9.53 Å². The van der Waals surface area contributed by atoms with Gasteiger partial charge in [-0.25, -0.2) is 0 Å². The fourth-order valence-electron chi connectivity index (χ4n) is 3.05. The molecule has 0 bridgehead atoms. The SMILES string of the molecule is COC(=O)[C@H]1CCC(C)=C[C@@H]1C(CCI)C(C)C. The number of ether oxygens (including phenoxy) is 1. The third-order valence-corrected chi connectivity index (χ3v) is 4.71. The zero-order valence-corrected chi connectivity index (χ0v) is 14.1. The highest BCUT2D eigenvalue weighted by Crippen LogP contribution is 2.39. The summed E-state index contributed by atoms with van der Waals surface area (Å²) in [6.45, 7) is 6.72. The van der Waals surface area contributed by atoms with Gasteiger partial charge in [0.25, 0.3) is 0 Å². The monoisotopic (exact) mass is 364 g/mol. The van der Waals surface area contributed by atoms with Crippen molar-refractivity contribution in [3.8, 4) is 0 Å². The van der Waals surface area contributed by atoms with Crippen LogP contribution in [0.25, 0.3) is 0 Å². The summed E-state index contributed by atoms with van der Waals surface area (Å²) in [6, 6.07) is 0. The maximum atomic E-state index is 12.0. The third kappa shape index (κ3) is 3.97. The quantitative estimate of drug-likeness (QED) is 0.316. The van der Waals surface area contributed by atoms with Gasteiger partial charge in [-0.3, -0.25) is 4.79 Å². The average molecular weight is 364 g/mol. The second-order valence-electron chi connectivity index (χ2n) is 5.64. The van der Waals surface area contributed by atoms with Crippen molar-refractivity contribution in [1.29, 1.82) is 0 Å². The van der Waals surface area contributed by atoms with E-state index in [0.29, 0.717) is 17.8 Å². The van der Waals surface area contributed by atoms with Crippen LogP contribution in [0.15, 0.2) is 11.6 Å². The van der Waals surface area contributed by atoms with Gasteiger partial charge in [0.05, 0.1) is 13.0 Å². The number of esters is 1. The maximum Gasteiger partial charge on any atom is 0.309 e. The minimum Gasteiger partial charge on any atom is -0.469 e. The van der Waals surface area contributed by atoms with E-state index in [9.17, 15) is 4.79 Å². The van der Waals surface area contributed by atoms with E-state index >= 15 is 0 Å². The van der Waals surface area contributed by atoms with Gasteiger partial charge in [0.2, 0.25) is 0 Å². The van der Waals surface area contributed by atoms with Crippen molar-refractivity contribution in [2.45, 2.75) is 40.0 Å². The van der Waals surface area contributed by atoms with Crippen LogP contribution in [0, 0.1) is 23.7 Å². The van der Waals surface area contributed by atoms with Gasteiger partial charge < -0.3 is 4.74 Å². The first-order valence-electron chi connectivity index (χ1n) is 6.82. The Labute approximate surface area is 125 Å². The molecule has 0 spiro atoms. The van der Waals surface area contributed by atoms with Gasteiger partial charge in [-0.05, 0) is 48.4 Å². The molecule has 0 aromatic rings. The molecule has 1 unspecified atom stereocenters. The summed E-state index contributed by atoms with van der Waals surface area (Å²) in [5, 5.41) is 0. The first-order valence-corrected chi connectivity index (χ1v) is 8.34. The van der Waals surface area contributed by atoms with Crippen LogP contribution in [0.1, 0.15) is 40.0 Å². The molecule has 1 rings (SSSR count). The predicted octanol–water partition coefficient (Wildman–Crippen LogP) is 4.23. The molecule has 2 nitrogen and oxygen atoms in total. The molecule has 18 heavy (non-hydrogen) atoms. The Kier molecular flexibility index (Phi) is 6.67. The summed E-state index contributed by atoms with van der Waals surface area (Å²) in [5.74, 6) is 1.60. The van der Waals surface area contributed by atoms with Crippen molar-refractivity contribution in [3.63, 3.8) is 0 Å². The largest absolute Gasteiger partial charge is 0.469 e. The predicted molar refractivity (Wildman–Crippen MR) is 83.8 cm³/mol. The molecule has 1 aliphatic rings. The van der Waals surface area contributed by atoms with Gasteiger partial charge in [-0.15, -0.1) is 0 Å². The van der Waals surface area contributed by atoms with E-state index in [1.807, 2.05) is 0 Å². The summed E-state index contributed by atoms with van der Waals surface area (Å²) < 4.78 is 6.14. The van der Waals surface area contributed by atoms with E-state index in [1.54, 1.807) is 0 Å². The number of rotatable bonds is 5. The summed E-state index contributed by atoms with van der Waals surface area (Å²) in [4.78, 5) is 12.0. The lowest BCUT2D eigenvalue weighted by molar-refractivity contribution is -0.148.